The van der Waals surface area contributed by atoms with Crippen molar-refractivity contribution in [1.29, 1.82) is 5.26 Å². The number of aliphatic hydroxyl groups excluding tert-OH is 1. The van der Waals surface area contributed by atoms with Gasteiger partial charge >= 0.3 is 0 Å². The van der Waals surface area contributed by atoms with Crippen molar-refractivity contribution < 1.29 is 5.11 Å². The lowest BCUT2D eigenvalue weighted by atomic mass is 10.5. The van der Waals surface area contributed by atoms with Crippen LogP contribution >= 0.6 is 0 Å². The topological polar surface area (TPSA) is 56.0 Å². The lowest BCUT2D eigenvalue weighted by Crippen LogP contribution is -2.18. The average Bonchev–Trinajstić information content (AvgIpc) is 1.81. The summed E-state index contributed by atoms with van der Waals surface area (Å²) < 4.78 is 0. The molecule has 0 aliphatic rings. The van der Waals surface area contributed by atoms with Crippen LogP contribution < -0.4 is 5.32 Å². The lowest BCUT2D eigenvalue weighted by molar-refractivity contribution is 0.293. The van der Waals surface area contributed by atoms with Gasteiger partial charge in [-0.3, -0.25) is 0 Å². The molecule has 0 aliphatic heterocycles. The Hall–Kier alpha value is -0.590. The highest BCUT2D eigenvalue weighted by Gasteiger charge is 1.80. The Balaban J connectivity index is 2.65. The molecule has 0 aromatic rings. The van der Waals surface area contributed by atoms with Gasteiger partial charge in [0.05, 0.1) is 12.7 Å². The first-order valence-electron chi connectivity index (χ1n) is 2.60. The number of nitrogens with one attached hydrogen (secondary N) is 1. The summed E-state index contributed by atoms with van der Waals surface area (Å²) in [5.41, 5.74) is 0. The standard InChI is InChI=1S/C5H10N2O/c6-2-1-3-7-4-5-8/h7-8H,1,3-5H2. The average molecular weight is 114 g/mol. The third kappa shape index (κ3) is 5.41. The zero-order chi connectivity index (χ0) is 6.24. The molecule has 0 atom stereocenters. The maximum Gasteiger partial charge on any atom is 0.0635 e. The Kier molecular flexibility index (Phi) is 5.94. The van der Waals surface area contributed by atoms with Crippen LogP contribution in [0.3, 0.4) is 0 Å². The molecule has 8 heavy (non-hydrogen) atoms. The summed E-state index contributed by atoms with van der Waals surface area (Å²) in [5.74, 6) is 0. The van der Waals surface area contributed by atoms with Crippen LogP contribution in [0.1, 0.15) is 6.42 Å². The first-order chi connectivity index (χ1) is 3.91. The Labute approximate surface area is 48.9 Å². The van der Waals surface area contributed by atoms with Crippen LogP contribution in [0.25, 0.3) is 0 Å². The van der Waals surface area contributed by atoms with Gasteiger partial charge in [0, 0.05) is 19.5 Å². The van der Waals surface area contributed by atoms with Crippen LogP contribution in [0, 0.1) is 11.3 Å². The van der Waals surface area contributed by atoms with Gasteiger partial charge in [-0.15, -0.1) is 0 Å². The minimum absolute atomic E-state index is 0.144. The smallest absolute Gasteiger partial charge is 0.0635 e. The fourth-order valence-electron chi connectivity index (χ4n) is 0.348. The second kappa shape index (κ2) is 6.41. The number of aliphatic hydroxyl groups is 1. The minimum Gasteiger partial charge on any atom is -0.395 e. The largest absolute Gasteiger partial charge is 0.395 e. The van der Waals surface area contributed by atoms with Gasteiger partial charge in [-0.05, 0) is 0 Å². The van der Waals surface area contributed by atoms with E-state index in [0.717, 1.165) is 0 Å². The molecule has 2 N–H and O–H groups in total. The summed E-state index contributed by atoms with van der Waals surface area (Å²) in [7, 11) is 0. The van der Waals surface area contributed by atoms with Crippen molar-refractivity contribution in [3.05, 3.63) is 0 Å². The summed E-state index contributed by atoms with van der Waals surface area (Å²) >= 11 is 0. The lowest BCUT2D eigenvalue weighted by Gasteiger charge is -1.94. The van der Waals surface area contributed by atoms with E-state index >= 15 is 0 Å². The van der Waals surface area contributed by atoms with E-state index in [0.29, 0.717) is 19.5 Å². The second-order valence-corrected chi connectivity index (χ2v) is 1.38. The Morgan fingerprint density at radius 3 is 2.75 bits per heavy atom. The van der Waals surface area contributed by atoms with E-state index in [1.54, 1.807) is 0 Å². The molecule has 3 heteroatoms. The molecule has 46 valence electrons. The highest BCUT2D eigenvalue weighted by Crippen LogP contribution is 1.67. The summed E-state index contributed by atoms with van der Waals surface area (Å²) in [6.45, 7) is 1.41. The molecule has 0 heterocycles. The van der Waals surface area contributed by atoms with Gasteiger partial charge in [-0.1, -0.05) is 0 Å². The number of hydrogen-bond acceptors (Lipinski definition) is 3. The maximum atomic E-state index is 8.22. The zero-order valence-electron chi connectivity index (χ0n) is 4.72. The maximum absolute atomic E-state index is 8.22. The highest BCUT2D eigenvalue weighted by molar-refractivity contribution is 4.69. The Morgan fingerprint density at radius 1 is 1.50 bits per heavy atom. The van der Waals surface area contributed by atoms with E-state index in [9.17, 15) is 0 Å². The van der Waals surface area contributed by atoms with Crippen LogP contribution in [-0.4, -0.2) is 24.8 Å². The summed E-state index contributed by atoms with van der Waals surface area (Å²) in [4.78, 5) is 0. The molecule has 3 nitrogen and oxygen atoms in total. The first-order valence-corrected chi connectivity index (χ1v) is 2.60. The van der Waals surface area contributed by atoms with Crippen LogP contribution in [-0.2, 0) is 0 Å². The number of rotatable bonds is 4. The van der Waals surface area contributed by atoms with Crippen LogP contribution in [0.15, 0.2) is 0 Å². The number of hydrogen-bond donors (Lipinski definition) is 2. The van der Waals surface area contributed by atoms with Crippen LogP contribution in [0.5, 0.6) is 0 Å². The van der Waals surface area contributed by atoms with Crippen molar-refractivity contribution in [2.24, 2.45) is 0 Å². The summed E-state index contributed by atoms with van der Waals surface area (Å²) in [6.07, 6.45) is 0.514. The van der Waals surface area contributed by atoms with Gasteiger partial charge in [-0.2, -0.15) is 5.26 Å². The fraction of sp³-hybridized carbons (Fsp3) is 0.800. The monoisotopic (exact) mass is 114 g/mol. The predicted octanol–water partition coefficient (Wildman–Crippen LogP) is -0.518. The fourth-order valence-corrected chi connectivity index (χ4v) is 0.348. The quantitative estimate of drug-likeness (QED) is 0.483. The summed E-state index contributed by atoms with van der Waals surface area (Å²) in [6, 6.07) is 1.98. The third-order valence-electron chi connectivity index (χ3n) is 0.702. The van der Waals surface area contributed by atoms with Crippen LogP contribution in [0.2, 0.25) is 0 Å². The molecule has 0 rings (SSSR count). The van der Waals surface area contributed by atoms with Gasteiger partial charge in [-0.25, -0.2) is 0 Å². The van der Waals surface area contributed by atoms with Crippen molar-refractivity contribution in [1.82, 2.24) is 5.32 Å². The number of nitrogens with zero attached hydrogens (tertiary/aromatic N) is 1. The Morgan fingerprint density at radius 2 is 2.25 bits per heavy atom. The molecule has 0 aromatic heterocycles. The molecule has 0 aromatic carbocycles. The molecule has 0 spiro atoms. The second-order valence-electron chi connectivity index (χ2n) is 1.38. The van der Waals surface area contributed by atoms with E-state index < -0.39 is 0 Å². The van der Waals surface area contributed by atoms with E-state index in [4.69, 9.17) is 10.4 Å². The molecule has 0 saturated heterocycles. The third-order valence-corrected chi connectivity index (χ3v) is 0.702. The first kappa shape index (κ1) is 7.41. The van der Waals surface area contributed by atoms with Crippen molar-refractivity contribution >= 4 is 0 Å². The minimum atomic E-state index is 0.144. The molecule has 0 radical (unpaired) electrons. The highest BCUT2D eigenvalue weighted by atomic mass is 16.3. The molecular formula is C5H10N2O. The van der Waals surface area contributed by atoms with Crippen molar-refractivity contribution in [3.8, 4) is 6.07 Å². The Bertz CT molecular complexity index is 77.0. The van der Waals surface area contributed by atoms with E-state index in [1.165, 1.54) is 0 Å². The van der Waals surface area contributed by atoms with Gasteiger partial charge in [0.25, 0.3) is 0 Å². The summed E-state index contributed by atoms with van der Waals surface area (Å²) in [5, 5.41) is 19.1. The predicted molar refractivity (Wildman–Crippen MR) is 30.2 cm³/mol. The molecule has 0 bridgehead atoms. The van der Waals surface area contributed by atoms with Crippen molar-refractivity contribution in [2.45, 2.75) is 6.42 Å². The molecule has 0 unspecified atom stereocenters. The normalized spacial score (nSPS) is 8.50. The molecular weight excluding hydrogens is 104 g/mol. The van der Waals surface area contributed by atoms with Gasteiger partial charge in [0.15, 0.2) is 0 Å². The SMILES string of the molecule is N#CCCNCCO. The van der Waals surface area contributed by atoms with Gasteiger partial charge in [0.2, 0.25) is 0 Å². The zero-order valence-corrected chi connectivity index (χ0v) is 4.72. The van der Waals surface area contributed by atoms with E-state index in [1.807, 2.05) is 6.07 Å². The molecule has 0 aliphatic carbocycles. The molecule has 0 fully saturated rings. The van der Waals surface area contributed by atoms with Crippen molar-refractivity contribution in [3.63, 3.8) is 0 Å². The van der Waals surface area contributed by atoms with Crippen molar-refractivity contribution in [2.75, 3.05) is 19.7 Å². The van der Waals surface area contributed by atoms with Gasteiger partial charge in [0.1, 0.15) is 0 Å². The van der Waals surface area contributed by atoms with Crippen LogP contribution in [0.4, 0.5) is 0 Å². The van der Waals surface area contributed by atoms with E-state index in [2.05, 4.69) is 5.32 Å². The van der Waals surface area contributed by atoms with Gasteiger partial charge < -0.3 is 10.4 Å². The molecule has 0 amide bonds. The van der Waals surface area contributed by atoms with E-state index in [-0.39, 0.29) is 6.61 Å². The number of nitriles is 1. The molecule has 0 saturated carbocycles.